The summed E-state index contributed by atoms with van der Waals surface area (Å²) < 4.78 is 6.44. The van der Waals surface area contributed by atoms with Crippen molar-refractivity contribution in [2.75, 3.05) is 19.0 Å². The summed E-state index contributed by atoms with van der Waals surface area (Å²) in [5, 5.41) is 3.48. The van der Waals surface area contributed by atoms with Crippen LogP contribution in [-0.2, 0) is 14.4 Å². The minimum atomic E-state index is -0.438. The zero-order valence-electron chi connectivity index (χ0n) is 23.8. The molecule has 0 fully saturated rings. The summed E-state index contributed by atoms with van der Waals surface area (Å²) in [6.45, 7) is 8.27. The lowest BCUT2D eigenvalue weighted by molar-refractivity contribution is -0.120. The number of halogens is 3. The van der Waals surface area contributed by atoms with Crippen molar-refractivity contribution >= 4 is 62.3 Å². The zero-order chi connectivity index (χ0) is 29.9. The van der Waals surface area contributed by atoms with Gasteiger partial charge in [0.2, 0.25) is 0 Å². The number of hydrogen-bond acceptors (Lipinski definition) is 5. The van der Waals surface area contributed by atoms with Gasteiger partial charge in [0, 0.05) is 54.0 Å². The molecule has 1 amide bonds. The number of nitrogens with zero attached hydrogens (tertiary/aromatic N) is 1. The molecule has 0 aromatic heterocycles. The number of ketones is 2. The smallest absolute Gasteiger partial charge is 0.262 e. The molecule has 5 rings (SSSR count). The molecule has 1 heterocycles. The van der Waals surface area contributed by atoms with Crippen molar-refractivity contribution in [2.24, 2.45) is 10.8 Å². The van der Waals surface area contributed by atoms with Crippen molar-refractivity contribution < 1.29 is 19.1 Å². The largest absolute Gasteiger partial charge is 0.483 e. The molecule has 0 atom stereocenters. The van der Waals surface area contributed by atoms with E-state index in [1.165, 1.54) is 0 Å². The van der Waals surface area contributed by atoms with Gasteiger partial charge >= 0.3 is 0 Å². The van der Waals surface area contributed by atoms with Gasteiger partial charge in [0.15, 0.2) is 18.2 Å². The minimum absolute atomic E-state index is 0.0905. The van der Waals surface area contributed by atoms with Gasteiger partial charge in [-0.05, 0) is 75.5 Å². The number of amides is 1. The SMILES string of the molecule is CN1C2=C(C(=O)CC(C)(C)C2)C(c2ccc(OCC(=O)Nc3ccc(Cl)c(Cl)c3)c(Br)c2)C2=C1CC(C)(C)CC2=O. The Balaban J connectivity index is 1.45. The highest BCUT2D eigenvalue weighted by atomic mass is 79.9. The number of anilines is 1. The average molecular weight is 660 g/mol. The summed E-state index contributed by atoms with van der Waals surface area (Å²) in [4.78, 5) is 42.0. The first kappa shape index (κ1) is 29.9. The molecule has 0 spiro atoms. The molecule has 0 bridgehead atoms. The Morgan fingerprint density at radius 2 is 1.51 bits per heavy atom. The van der Waals surface area contributed by atoms with E-state index in [0.717, 1.165) is 40.9 Å². The molecule has 2 aromatic carbocycles. The Morgan fingerprint density at radius 3 is 2.05 bits per heavy atom. The lowest BCUT2D eigenvalue weighted by Crippen LogP contribution is -2.43. The van der Waals surface area contributed by atoms with Gasteiger partial charge in [-0.2, -0.15) is 0 Å². The van der Waals surface area contributed by atoms with Gasteiger partial charge in [-0.25, -0.2) is 0 Å². The van der Waals surface area contributed by atoms with E-state index in [0.29, 0.717) is 38.8 Å². The summed E-state index contributed by atoms with van der Waals surface area (Å²) in [5.74, 6) is -0.140. The molecule has 2 aromatic rings. The normalized spacial score (nSPS) is 20.1. The van der Waals surface area contributed by atoms with Crippen LogP contribution in [-0.4, -0.2) is 36.0 Å². The molecule has 0 unspecified atom stereocenters. The fourth-order valence-electron chi connectivity index (χ4n) is 6.23. The number of rotatable bonds is 5. The molecule has 2 aliphatic carbocycles. The number of benzene rings is 2. The number of ether oxygens (including phenoxy) is 1. The molecular weight excluding hydrogens is 627 g/mol. The van der Waals surface area contributed by atoms with Crippen molar-refractivity contribution in [3.63, 3.8) is 0 Å². The second kappa shape index (κ2) is 10.9. The van der Waals surface area contributed by atoms with E-state index in [1.807, 2.05) is 19.2 Å². The third-order valence-corrected chi connectivity index (χ3v) is 9.39. The number of nitrogens with one attached hydrogen (secondary N) is 1. The van der Waals surface area contributed by atoms with E-state index in [1.54, 1.807) is 24.3 Å². The first-order valence-corrected chi connectivity index (χ1v) is 15.1. The lowest BCUT2D eigenvalue weighted by atomic mass is 9.64. The van der Waals surface area contributed by atoms with Gasteiger partial charge in [-0.15, -0.1) is 0 Å². The Hall–Kier alpha value is -2.61. The maximum Gasteiger partial charge on any atom is 0.262 e. The van der Waals surface area contributed by atoms with Crippen LogP contribution in [0.15, 0.2) is 63.4 Å². The number of hydrogen-bond donors (Lipinski definition) is 1. The Kier molecular flexibility index (Phi) is 7.94. The van der Waals surface area contributed by atoms with E-state index < -0.39 is 5.92 Å². The van der Waals surface area contributed by atoms with Crippen LogP contribution in [0.5, 0.6) is 5.75 Å². The predicted molar refractivity (Wildman–Crippen MR) is 165 cm³/mol. The topological polar surface area (TPSA) is 75.7 Å². The van der Waals surface area contributed by atoms with Crippen molar-refractivity contribution in [3.8, 4) is 5.75 Å². The molecule has 1 aliphatic heterocycles. The van der Waals surface area contributed by atoms with Gasteiger partial charge < -0.3 is 15.0 Å². The van der Waals surface area contributed by atoms with E-state index in [-0.39, 0.29) is 34.9 Å². The van der Waals surface area contributed by atoms with Crippen molar-refractivity contribution in [1.82, 2.24) is 4.90 Å². The zero-order valence-corrected chi connectivity index (χ0v) is 26.9. The van der Waals surface area contributed by atoms with Gasteiger partial charge in [0.25, 0.3) is 5.91 Å². The first-order chi connectivity index (χ1) is 19.2. The number of Topliss-reactive ketones (excluding diaryl/α,β-unsaturated/α-hetero) is 2. The predicted octanol–water partition coefficient (Wildman–Crippen LogP) is 8.09. The van der Waals surface area contributed by atoms with Gasteiger partial charge in [-0.1, -0.05) is 57.0 Å². The fraction of sp³-hybridized carbons (Fsp3) is 0.406. The molecule has 1 N–H and O–H groups in total. The van der Waals surface area contributed by atoms with Crippen molar-refractivity contribution in [3.05, 3.63) is 79.0 Å². The molecular formula is C32H33BrCl2N2O4. The highest BCUT2D eigenvalue weighted by Gasteiger charge is 2.48. The summed E-state index contributed by atoms with van der Waals surface area (Å²) in [6, 6.07) is 10.4. The van der Waals surface area contributed by atoms with Crippen LogP contribution in [0.2, 0.25) is 10.0 Å². The van der Waals surface area contributed by atoms with Crippen LogP contribution in [0, 0.1) is 10.8 Å². The van der Waals surface area contributed by atoms with Crippen molar-refractivity contribution in [2.45, 2.75) is 59.3 Å². The lowest BCUT2D eigenvalue weighted by Gasteiger charge is -2.47. The Morgan fingerprint density at radius 1 is 0.927 bits per heavy atom. The summed E-state index contributed by atoms with van der Waals surface area (Å²) >= 11 is 15.6. The van der Waals surface area contributed by atoms with Crippen LogP contribution in [0.25, 0.3) is 0 Å². The van der Waals surface area contributed by atoms with E-state index in [4.69, 9.17) is 27.9 Å². The summed E-state index contributed by atoms with van der Waals surface area (Å²) in [6.07, 6.45) is 2.41. The average Bonchev–Trinajstić information content (AvgIpc) is 2.85. The third-order valence-electron chi connectivity index (χ3n) is 8.03. The Labute approximate surface area is 259 Å². The van der Waals surface area contributed by atoms with Crippen LogP contribution >= 0.6 is 39.1 Å². The number of allylic oxidation sites excluding steroid dienone is 4. The molecule has 41 heavy (non-hydrogen) atoms. The maximum atomic E-state index is 13.7. The molecule has 0 saturated heterocycles. The number of carbonyl (C=O) groups is 3. The first-order valence-electron chi connectivity index (χ1n) is 13.6. The fourth-order valence-corrected chi connectivity index (χ4v) is 7.03. The third kappa shape index (κ3) is 5.99. The van der Waals surface area contributed by atoms with Gasteiger partial charge in [-0.3, -0.25) is 14.4 Å². The quantitative estimate of drug-likeness (QED) is 0.351. The highest BCUT2D eigenvalue weighted by Crippen LogP contribution is 2.54. The molecule has 9 heteroatoms. The standard InChI is InChI=1S/C32H33BrCl2N2O4/c1-31(2)12-22-29(24(38)14-31)28(30-23(37(22)5)13-32(3,4)15-25(30)39)17-6-9-26(19(33)10-17)41-16-27(40)36-18-7-8-20(34)21(35)11-18/h6-11,28H,12-16H2,1-5H3,(H,36,40). The van der Waals surface area contributed by atoms with Crippen LogP contribution < -0.4 is 10.1 Å². The summed E-state index contributed by atoms with van der Waals surface area (Å²) in [5.41, 5.74) is 4.51. The second-order valence-electron chi connectivity index (χ2n) is 12.8. The van der Waals surface area contributed by atoms with Crippen LogP contribution in [0.3, 0.4) is 0 Å². The van der Waals surface area contributed by atoms with Crippen LogP contribution in [0.4, 0.5) is 5.69 Å². The van der Waals surface area contributed by atoms with E-state index in [9.17, 15) is 14.4 Å². The van der Waals surface area contributed by atoms with Gasteiger partial charge in [0.05, 0.1) is 14.5 Å². The molecule has 3 aliphatic rings. The van der Waals surface area contributed by atoms with Crippen LogP contribution in [0.1, 0.15) is 64.9 Å². The molecule has 216 valence electrons. The second-order valence-corrected chi connectivity index (χ2v) is 14.4. The highest BCUT2D eigenvalue weighted by molar-refractivity contribution is 9.10. The molecule has 0 radical (unpaired) electrons. The molecule has 0 saturated carbocycles. The van der Waals surface area contributed by atoms with E-state index >= 15 is 0 Å². The monoisotopic (exact) mass is 658 g/mol. The van der Waals surface area contributed by atoms with Gasteiger partial charge in [0.1, 0.15) is 5.75 Å². The van der Waals surface area contributed by atoms with Crippen molar-refractivity contribution in [1.29, 1.82) is 0 Å². The maximum absolute atomic E-state index is 13.7. The minimum Gasteiger partial charge on any atom is -0.483 e. The molecule has 6 nitrogen and oxygen atoms in total. The summed E-state index contributed by atoms with van der Waals surface area (Å²) in [7, 11) is 2.00. The Bertz CT molecular complexity index is 1490. The van der Waals surface area contributed by atoms with E-state index in [2.05, 4.69) is 53.8 Å². The number of carbonyl (C=O) groups excluding carboxylic acids is 3.